The molecule has 0 aliphatic heterocycles. The summed E-state index contributed by atoms with van der Waals surface area (Å²) in [6.45, 7) is 0. The van der Waals surface area contributed by atoms with Crippen LogP contribution in [0.1, 0.15) is 12.8 Å². The van der Waals surface area contributed by atoms with E-state index >= 15 is 0 Å². The van der Waals surface area contributed by atoms with Crippen LogP contribution in [0.25, 0.3) is 0 Å². The second-order valence-corrected chi connectivity index (χ2v) is 13.9. The molecule has 28 heteroatoms. The molecule has 0 rings (SSSR count). The third-order valence-corrected chi connectivity index (χ3v) is 11.3. The predicted molar refractivity (Wildman–Crippen MR) is 92.0 cm³/mol. The molecule has 0 saturated heterocycles. The van der Waals surface area contributed by atoms with E-state index in [0.29, 0.717) is 0 Å². The molecular weight excluding hydrogens is 656 g/mol. The second kappa shape index (κ2) is 21.2. The number of hydrogen-bond acceptors (Lipinski definition) is 12. The zero-order valence-electron chi connectivity index (χ0n) is 20.0. The fourth-order valence-corrected chi connectivity index (χ4v) is 8.23. The summed E-state index contributed by atoms with van der Waals surface area (Å²) in [6, 6.07) is 0. The van der Waals surface area contributed by atoms with Crippen molar-refractivity contribution < 1.29 is 215 Å². The SMILES string of the molecule is O=C([O-])CC(C(=O)[O-])C(P(=O)(O)O)P(=O)(O)O.O=C([O-])CC(C(=O)[O-])C(P(=O)(O)O)P(=O)(O)O.[Na+].[Na+].[Na+].[Na+]. The number of aliphatic carboxylic acids is 4. The number of hydrogen-bond donors (Lipinski definition) is 8. The van der Waals surface area contributed by atoms with E-state index in [0.717, 1.165) is 0 Å². The van der Waals surface area contributed by atoms with Crippen LogP contribution in [0.3, 0.4) is 0 Å². The molecule has 0 aliphatic rings. The molecule has 0 aromatic rings. The minimum Gasteiger partial charge on any atom is -0.550 e. The van der Waals surface area contributed by atoms with Crippen LogP contribution in [0.15, 0.2) is 0 Å². The van der Waals surface area contributed by atoms with E-state index in [2.05, 4.69) is 0 Å². The molecule has 0 spiro atoms. The summed E-state index contributed by atoms with van der Waals surface area (Å²) in [7, 11) is -22.2. The molecule has 8 N–H and O–H groups in total. The number of carbonyl (C=O) groups is 4. The van der Waals surface area contributed by atoms with Crippen LogP contribution in [0.2, 0.25) is 0 Å². The largest absolute Gasteiger partial charge is 1.00 e. The van der Waals surface area contributed by atoms with Crippen LogP contribution in [0, 0.1) is 11.8 Å². The van der Waals surface area contributed by atoms with Crippen molar-refractivity contribution in [1.82, 2.24) is 0 Å². The monoisotopic (exact) mass is 672 g/mol. The van der Waals surface area contributed by atoms with E-state index < -0.39 is 89.7 Å². The molecule has 0 aliphatic carbocycles. The van der Waals surface area contributed by atoms with E-state index in [1.807, 2.05) is 0 Å². The Morgan fingerprint density at radius 2 is 0.632 bits per heavy atom. The van der Waals surface area contributed by atoms with Crippen molar-refractivity contribution in [3.63, 3.8) is 0 Å². The Balaban J connectivity index is -0.000000122. The van der Waals surface area contributed by atoms with Gasteiger partial charge in [0, 0.05) is 35.7 Å². The van der Waals surface area contributed by atoms with Crippen LogP contribution in [-0.4, -0.2) is 73.8 Å². The average molecular weight is 672 g/mol. The molecule has 0 saturated carbocycles. The van der Waals surface area contributed by atoms with Crippen molar-refractivity contribution in [2.24, 2.45) is 11.8 Å². The standard InChI is InChI=1S/2C5H10O10P2.4Na/c2*6-3(7)1-2(4(8)9)5(16(10,11)12)17(13,14)15;;;;/h2*2,5H,1H2,(H,6,7)(H,8,9)(H2,10,11,12)(H2,13,14,15);;;;/q;;4*+1/p-4. The summed E-state index contributed by atoms with van der Waals surface area (Å²) in [6.07, 6.45) is -2.97. The Bertz CT molecular complexity index is 858. The summed E-state index contributed by atoms with van der Waals surface area (Å²) >= 11 is 0. The van der Waals surface area contributed by atoms with Crippen molar-refractivity contribution in [3.8, 4) is 0 Å². The maximum atomic E-state index is 10.8. The fraction of sp³-hybridized carbons (Fsp3) is 0.600. The summed E-state index contributed by atoms with van der Waals surface area (Å²) in [5, 5.41) is 35.3. The summed E-state index contributed by atoms with van der Waals surface area (Å²) in [5.74, 6) is -13.8. The molecule has 0 radical (unpaired) electrons. The normalized spacial score (nSPS) is 13.1. The summed E-state index contributed by atoms with van der Waals surface area (Å²) < 4.78 is 43.2. The van der Waals surface area contributed by atoms with Gasteiger partial charge in [0.15, 0.2) is 10.8 Å². The Morgan fingerprint density at radius 1 is 0.474 bits per heavy atom. The Morgan fingerprint density at radius 3 is 0.711 bits per heavy atom. The van der Waals surface area contributed by atoms with Gasteiger partial charge in [-0.1, -0.05) is 0 Å². The van der Waals surface area contributed by atoms with E-state index in [1.165, 1.54) is 0 Å². The van der Waals surface area contributed by atoms with Crippen molar-refractivity contribution >= 4 is 54.3 Å². The first-order chi connectivity index (χ1) is 14.7. The molecule has 38 heavy (non-hydrogen) atoms. The molecule has 0 amide bonds. The molecule has 0 bridgehead atoms. The number of carboxylic acid groups (broad SMARTS) is 4. The van der Waals surface area contributed by atoms with Gasteiger partial charge in [-0.15, -0.1) is 0 Å². The van der Waals surface area contributed by atoms with Gasteiger partial charge in [-0.25, -0.2) is 0 Å². The zero-order valence-corrected chi connectivity index (χ0v) is 31.6. The first kappa shape index (κ1) is 53.1. The van der Waals surface area contributed by atoms with Gasteiger partial charge in [-0.2, -0.15) is 0 Å². The average Bonchev–Trinajstić information content (AvgIpc) is 2.47. The maximum absolute atomic E-state index is 10.8. The minimum absolute atomic E-state index is 0. The van der Waals surface area contributed by atoms with Crippen LogP contribution in [-0.2, 0) is 37.4 Å². The number of carbonyl (C=O) groups excluding carboxylic acids is 4. The first-order valence-corrected chi connectivity index (χ1v) is 14.5. The minimum atomic E-state index is -5.54. The molecular formula is C10H16Na4O20P4. The second-order valence-electron chi connectivity index (χ2n) is 6.19. The van der Waals surface area contributed by atoms with Crippen molar-refractivity contribution in [1.29, 1.82) is 0 Å². The molecule has 2 unspecified atom stereocenters. The molecule has 0 fully saturated rings. The third-order valence-electron chi connectivity index (χ3n) is 3.48. The number of rotatable bonds is 12. The Kier molecular flexibility index (Phi) is 29.6. The molecule has 0 aromatic carbocycles. The topological polar surface area (TPSA) is 391 Å². The molecule has 20 nitrogen and oxygen atoms in total. The third kappa shape index (κ3) is 21.2. The van der Waals surface area contributed by atoms with Gasteiger partial charge in [0.2, 0.25) is 0 Å². The van der Waals surface area contributed by atoms with Gasteiger partial charge >= 0.3 is 149 Å². The maximum Gasteiger partial charge on any atom is 1.00 e. The molecule has 0 aromatic heterocycles. The van der Waals surface area contributed by atoms with Crippen LogP contribution in [0.4, 0.5) is 0 Å². The van der Waals surface area contributed by atoms with Crippen LogP contribution in [0.5, 0.6) is 0 Å². The van der Waals surface area contributed by atoms with E-state index in [4.69, 9.17) is 39.1 Å². The Hall–Kier alpha value is 2.48. The van der Waals surface area contributed by atoms with Gasteiger partial charge in [0.1, 0.15) is 0 Å². The van der Waals surface area contributed by atoms with Gasteiger partial charge in [-0.3, -0.25) is 18.3 Å². The zero-order chi connectivity index (χ0) is 28.0. The first-order valence-electron chi connectivity index (χ1n) is 7.76. The quantitative estimate of drug-likeness (QED) is 0.0704. The molecule has 200 valence electrons. The number of carboxylic acids is 4. The van der Waals surface area contributed by atoms with Crippen molar-refractivity contribution in [3.05, 3.63) is 0 Å². The smallest absolute Gasteiger partial charge is 0.550 e. The summed E-state index contributed by atoms with van der Waals surface area (Å²) in [5.41, 5.74) is 0. The molecule has 0 heterocycles. The predicted octanol–water partition coefficient (Wildman–Crippen LogP) is -19.6. The van der Waals surface area contributed by atoms with Crippen molar-refractivity contribution in [2.45, 2.75) is 23.6 Å². The Labute approximate surface area is 301 Å². The van der Waals surface area contributed by atoms with Crippen LogP contribution >= 0.6 is 30.4 Å². The molecule has 2 atom stereocenters. The van der Waals surface area contributed by atoms with Gasteiger partial charge in [0.05, 0.1) is 0 Å². The van der Waals surface area contributed by atoms with Crippen LogP contribution < -0.4 is 139 Å². The van der Waals surface area contributed by atoms with E-state index in [-0.39, 0.29) is 118 Å². The van der Waals surface area contributed by atoms with E-state index in [9.17, 15) is 57.9 Å². The van der Waals surface area contributed by atoms with Gasteiger partial charge in [-0.05, 0) is 12.8 Å². The fourth-order valence-electron chi connectivity index (χ4n) is 2.31. The van der Waals surface area contributed by atoms with Gasteiger partial charge < -0.3 is 78.8 Å². The van der Waals surface area contributed by atoms with Gasteiger partial charge in [0.25, 0.3) is 0 Å². The van der Waals surface area contributed by atoms with E-state index in [1.54, 1.807) is 0 Å². The van der Waals surface area contributed by atoms with Crippen molar-refractivity contribution in [2.75, 3.05) is 0 Å². The summed E-state index contributed by atoms with van der Waals surface area (Å²) in [4.78, 5) is 111.